The minimum Gasteiger partial charge on any atom is -0.496 e. The summed E-state index contributed by atoms with van der Waals surface area (Å²) >= 11 is 0. The molecule has 1 N–H and O–H groups in total. The molecular formula is C11H14O4. The van der Waals surface area contributed by atoms with Gasteiger partial charge in [-0.05, 0) is 31.0 Å². The number of methoxy groups -OCH3 is 2. The SMILES string of the molecule is COc1cc(C(=O)O)c(OC)c(C)c1C. The van der Waals surface area contributed by atoms with Gasteiger partial charge in [0.15, 0.2) is 0 Å². The van der Waals surface area contributed by atoms with Gasteiger partial charge in [-0.15, -0.1) is 0 Å². The number of hydrogen-bond acceptors (Lipinski definition) is 3. The third-order valence-corrected chi connectivity index (χ3v) is 2.45. The summed E-state index contributed by atoms with van der Waals surface area (Å²) in [5.41, 5.74) is 1.80. The average Bonchev–Trinajstić information content (AvgIpc) is 2.21. The Balaban J connectivity index is 3.51. The Morgan fingerprint density at radius 1 is 1.20 bits per heavy atom. The van der Waals surface area contributed by atoms with E-state index in [4.69, 9.17) is 14.6 Å². The lowest BCUT2D eigenvalue weighted by Gasteiger charge is -2.14. The zero-order valence-corrected chi connectivity index (χ0v) is 9.25. The molecule has 0 aliphatic carbocycles. The van der Waals surface area contributed by atoms with Gasteiger partial charge in [0.1, 0.15) is 17.1 Å². The summed E-state index contributed by atoms with van der Waals surface area (Å²) in [4.78, 5) is 11.0. The molecule has 0 saturated carbocycles. The fourth-order valence-corrected chi connectivity index (χ4v) is 1.50. The maximum atomic E-state index is 11.0. The highest BCUT2D eigenvalue weighted by Gasteiger charge is 2.18. The molecule has 4 nitrogen and oxygen atoms in total. The highest BCUT2D eigenvalue weighted by Crippen LogP contribution is 2.33. The Morgan fingerprint density at radius 2 is 1.80 bits per heavy atom. The first-order chi connectivity index (χ1) is 7.02. The summed E-state index contributed by atoms with van der Waals surface area (Å²) in [5.74, 6) is -0.0697. The van der Waals surface area contributed by atoms with Crippen molar-refractivity contribution in [3.8, 4) is 11.5 Å². The molecule has 15 heavy (non-hydrogen) atoms. The van der Waals surface area contributed by atoms with Crippen molar-refractivity contribution in [3.63, 3.8) is 0 Å². The van der Waals surface area contributed by atoms with Crippen LogP contribution in [0.1, 0.15) is 21.5 Å². The number of rotatable bonds is 3. The molecule has 0 aromatic heterocycles. The van der Waals surface area contributed by atoms with Crippen molar-refractivity contribution in [2.45, 2.75) is 13.8 Å². The number of hydrogen-bond donors (Lipinski definition) is 1. The first kappa shape index (κ1) is 11.4. The third kappa shape index (κ3) is 1.88. The quantitative estimate of drug-likeness (QED) is 0.829. The van der Waals surface area contributed by atoms with Gasteiger partial charge in [-0.1, -0.05) is 0 Å². The number of benzene rings is 1. The van der Waals surface area contributed by atoms with E-state index in [-0.39, 0.29) is 5.56 Å². The van der Waals surface area contributed by atoms with E-state index in [9.17, 15) is 4.79 Å². The smallest absolute Gasteiger partial charge is 0.339 e. The molecule has 0 bridgehead atoms. The Morgan fingerprint density at radius 3 is 2.20 bits per heavy atom. The summed E-state index contributed by atoms with van der Waals surface area (Å²) < 4.78 is 10.2. The maximum Gasteiger partial charge on any atom is 0.339 e. The molecule has 0 fully saturated rings. The lowest BCUT2D eigenvalue weighted by Crippen LogP contribution is -2.04. The van der Waals surface area contributed by atoms with E-state index >= 15 is 0 Å². The fraction of sp³-hybridized carbons (Fsp3) is 0.364. The molecule has 4 heteroatoms. The van der Waals surface area contributed by atoms with Gasteiger partial charge in [0.25, 0.3) is 0 Å². The number of aromatic carboxylic acids is 1. The molecule has 0 aliphatic heterocycles. The van der Waals surface area contributed by atoms with Crippen LogP contribution < -0.4 is 9.47 Å². The second kappa shape index (κ2) is 4.21. The van der Waals surface area contributed by atoms with Crippen LogP contribution in [-0.2, 0) is 0 Å². The van der Waals surface area contributed by atoms with Crippen LogP contribution in [0, 0.1) is 13.8 Å². The molecule has 0 aliphatic rings. The topological polar surface area (TPSA) is 55.8 Å². The first-order valence-electron chi connectivity index (χ1n) is 4.48. The summed E-state index contributed by atoms with van der Waals surface area (Å²) in [6.07, 6.45) is 0. The molecule has 1 aromatic carbocycles. The second-order valence-electron chi connectivity index (χ2n) is 3.21. The van der Waals surface area contributed by atoms with E-state index in [1.165, 1.54) is 20.3 Å². The fourth-order valence-electron chi connectivity index (χ4n) is 1.50. The third-order valence-electron chi connectivity index (χ3n) is 2.45. The molecular weight excluding hydrogens is 196 g/mol. The van der Waals surface area contributed by atoms with Crippen LogP contribution in [-0.4, -0.2) is 25.3 Å². The summed E-state index contributed by atoms with van der Waals surface area (Å²) in [6.45, 7) is 3.67. The monoisotopic (exact) mass is 210 g/mol. The van der Waals surface area contributed by atoms with Crippen LogP contribution in [0.5, 0.6) is 11.5 Å². The number of carbonyl (C=O) groups is 1. The lowest BCUT2D eigenvalue weighted by atomic mass is 10.0. The van der Waals surface area contributed by atoms with Gasteiger partial charge in [-0.3, -0.25) is 0 Å². The molecule has 0 saturated heterocycles. The zero-order chi connectivity index (χ0) is 11.6. The second-order valence-corrected chi connectivity index (χ2v) is 3.21. The predicted octanol–water partition coefficient (Wildman–Crippen LogP) is 2.02. The molecule has 0 amide bonds. The average molecular weight is 210 g/mol. The number of carboxylic acid groups (broad SMARTS) is 1. The van der Waals surface area contributed by atoms with E-state index < -0.39 is 5.97 Å². The Bertz CT molecular complexity index is 396. The van der Waals surface area contributed by atoms with E-state index in [2.05, 4.69) is 0 Å². The van der Waals surface area contributed by atoms with Gasteiger partial charge >= 0.3 is 5.97 Å². The lowest BCUT2D eigenvalue weighted by molar-refractivity contribution is 0.0692. The van der Waals surface area contributed by atoms with Gasteiger partial charge in [0.05, 0.1) is 14.2 Å². The maximum absolute atomic E-state index is 11.0. The molecule has 82 valence electrons. The highest BCUT2D eigenvalue weighted by molar-refractivity contribution is 5.92. The normalized spacial score (nSPS) is 9.87. The molecule has 0 heterocycles. The van der Waals surface area contributed by atoms with E-state index in [1.54, 1.807) is 0 Å². The number of ether oxygens (including phenoxy) is 2. The van der Waals surface area contributed by atoms with Crippen LogP contribution >= 0.6 is 0 Å². The summed E-state index contributed by atoms with van der Waals surface area (Å²) in [6, 6.07) is 1.48. The predicted molar refractivity (Wildman–Crippen MR) is 56.0 cm³/mol. The van der Waals surface area contributed by atoms with Crippen molar-refractivity contribution in [1.82, 2.24) is 0 Å². The molecule has 0 unspecified atom stereocenters. The van der Waals surface area contributed by atoms with Crippen molar-refractivity contribution in [1.29, 1.82) is 0 Å². The molecule has 0 spiro atoms. The van der Waals surface area contributed by atoms with Gasteiger partial charge in [-0.25, -0.2) is 4.79 Å². The van der Waals surface area contributed by atoms with Crippen molar-refractivity contribution >= 4 is 5.97 Å². The molecule has 0 radical (unpaired) electrons. The minimum absolute atomic E-state index is 0.123. The standard InChI is InChI=1S/C11H14O4/c1-6-7(2)10(15-4)8(11(12)13)5-9(6)14-3/h5H,1-4H3,(H,12,13). The first-order valence-corrected chi connectivity index (χ1v) is 4.48. The Kier molecular flexibility index (Phi) is 3.19. The minimum atomic E-state index is -1.02. The highest BCUT2D eigenvalue weighted by atomic mass is 16.5. The zero-order valence-electron chi connectivity index (χ0n) is 9.25. The van der Waals surface area contributed by atoms with Crippen LogP contribution in [0.25, 0.3) is 0 Å². The summed E-state index contributed by atoms with van der Waals surface area (Å²) in [5, 5.41) is 9.00. The Labute approximate surface area is 88.4 Å². The largest absolute Gasteiger partial charge is 0.496 e. The van der Waals surface area contributed by atoms with Crippen LogP contribution in [0.4, 0.5) is 0 Å². The van der Waals surface area contributed by atoms with Crippen LogP contribution in [0.2, 0.25) is 0 Å². The van der Waals surface area contributed by atoms with Gasteiger partial charge in [0.2, 0.25) is 0 Å². The van der Waals surface area contributed by atoms with Crippen molar-refractivity contribution < 1.29 is 19.4 Å². The van der Waals surface area contributed by atoms with Crippen LogP contribution in [0.15, 0.2) is 6.07 Å². The van der Waals surface area contributed by atoms with Crippen molar-refractivity contribution in [2.24, 2.45) is 0 Å². The van der Waals surface area contributed by atoms with E-state index in [0.29, 0.717) is 11.5 Å². The van der Waals surface area contributed by atoms with E-state index in [0.717, 1.165) is 11.1 Å². The van der Waals surface area contributed by atoms with Gasteiger partial charge in [0, 0.05) is 0 Å². The van der Waals surface area contributed by atoms with Crippen LogP contribution in [0.3, 0.4) is 0 Å². The van der Waals surface area contributed by atoms with Gasteiger partial charge in [-0.2, -0.15) is 0 Å². The summed E-state index contributed by atoms with van der Waals surface area (Å²) in [7, 11) is 2.97. The Hall–Kier alpha value is -1.71. The van der Waals surface area contributed by atoms with Gasteiger partial charge < -0.3 is 14.6 Å². The molecule has 1 rings (SSSR count). The van der Waals surface area contributed by atoms with Crippen molar-refractivity contribution in [3.05, 3.63) is 22.8 Å². The number of carboxylic acids is 1. The van der Waals surface area contributed by atoms with Crippen molar-refractivity contribution in [2.75, 3.05) is 14.2 Å². The molecule has 0 atom stereocenters. The molecule has 1 aromatic rings. The van der Waals surface area contributed by atoms with E-state index in [1.807, 2.05) is 13.8 Å².